The number of benzene rings is 4. The second kappa shape index (κ2) is 12.8. The van der Waals surface area contributed by atoms with Crippen LogP contribution in [0.25, 0.3) is 16.6 Å². The van der Waals surface area contributed by atoms with Crippen molar-refractivity contribution in [1.82, 2.24) is 19.4 Å². The third-order valence-corrected chi connectivity index (χ3v) is 9.20. The van der Waals surface area contributed by atoms with Gasteiger partial charge in [-0.1, -0.05) is 97.1 Å². The van der Waals surface area contributed by atoms with Crippen LogP contribution in [0.15, 0.2) is 131 Å². The van der Waals surface area contributed by atoms with E-state index >= 15 is 0 Å². The molecular weight excluding hydrogens is 604 g/mol. The molecular formula is C39H34N4O5. The van der Waals surface area contributed by atoms with Gasteiger partial charge in [0.15, 0.2) is 0 Å². The number of rotatable bonds is 9. The lowest BCUT2D eigenvalue weighted by Gasteiger charge is -2.39. The number of pyridine rings is 1. The van der Waals surface area contributed by atoms with Gasteiger partial charge in [0.05, 0.1) is 34.9 Å². The number of aliphatic carboxylic acids is 1. The first-order chi connectivity index (χ1) is 23.4. The fraction of sp³-hybridized carbons (Fsp3) is 0.179. The van der Waals surface area contributed by atoms with Crippen molar-refractivity contribution >= 4 is 16.9 Å². The number of carboxylic acids is 1. The molecule has 0 aliphatic carbocycles. The zero-order valence-electron chi connectivity index (χ0n) is 26.4. The lowest BCUT2D eigenvalue weighted by atomic mass is 9.76. The van der Waals surface area contributed by atoms with Crippen LogP contribution < -0.4 is 21.3 Å². The van der Waals surface area contributed by atoms with Gasteiger partial charge >= 0.3 is 11.7 Å². The zero-order valence-corrected chi connectivity index (χ0v) is 26.4. The predicted octanol–water partition coefficient (Wildman–Crippen LogP) is 4.99. The van der Waals surface area contributed by atoms with Crippen molar-refractivity contribution in [3.63, 3.8) is 0 Å². The summed E-state index contributed by atoms with van der Waals surface area (Å²) in [6, 6.07) is 33.7. The fourth-order valence-electron chi connectivity index (χ4n) is 6.88. The molecule has 0 spiro atoms. The van der Waals surface area contributed by atoms with Gasteiger partial charge in [-0.05, 0) is 59.2 Å². The summed E-state index contributed by atoms with van der Waals surface area (Å²) in [6.07, 6.45) is 4.47. The molecule has 3 heterocycles. The standard InChI is InChI=1S/C39H34N4O5/c1-42-34-25-40-22-21-31(34)36(44)43(38(42)47)33-20-19-26(30-18-11-23-48-35(30)33)24-32(37(45)46)41-39(27-12-5-2-6-13-27,28-14-7-3-8-15-28)29-16-9-4-10-17-29/h2-10,12-17,19-22,25,32,41H,11,18,23-24H2,1H3,(H,45,46)/t32-/m0/s1. The summed E-state index contributed by atoms with van der Waals surface area (Å²) >= 11 is 0. The first-order valence-electron chi connectivity index (χ1n) is 15.9. The average molecular weight is 639 g/mol. The first-order valence-corrected chi connectivity index (χ1v) is 15.9. The SMILES string of the molecule is Cn1c(=O)n(-c2ccc(C[C@H](NC(c3ccccc3)(c3ccccc3)c3ccccc3)C(=O)O)c3c2OCCC3)c(=O)c2ccncc21. The highest BCUT2D eigenvalue weighted by molar-refractivity contribution is 5.77. The first kappa shape index (κ1) is 30.8. The van der Waals surface area contributed by atoms with Crippen LogP contribution >= 0.6 is 0 Å². The number of hydrogen-bond donors (Lipinski definition) is 2. The van der Waals surface area contributed by atoms with Crippen LogP contribution in [0.4, 0.5) is 0 Å². The Balaban J connectivity index is 1.36. The van der Waals surface area contributed by atoms with Crippen molar-refractivity contribution in [2.45, 2.75) is 30.8 Å². The maximum atomic E-state index is 13.7. The molecule has 0 bridgehead atoms. The van der Waals surface area contributed by atoms with Crippen LogP contribution in [0.5, 0.6) is 5.75 Å². The maximum Gasteiger partial charge on any atom is 0.336 e. The molecule has 0 saturated heterocycles. The molecule has 1 aliphatic rings. The summed E-state index contributed by atoms with van der Waals surface area (Å²) in [5, 5.41) is 14.8. The van der Waals surface area contributed by atoms with Crippen molar-refractivity contribution in [2.75, 3.05) is 6.61 Å². The molecule has 240 valence electrons. The minimum absolute atomic E-state index is 0.131. The second-order valence-corrected chi connectivity index (χ2v) is 12.0. The monoisotopic (exact) mass is 638 g/mol. The zero-order chi connectivity index (χ0) is 33.3. The Morgan fingerprint density at radius 2 is 1.50 bits per heavy atom. The van der Waals surface area contributed by atoms with E-state index in [-0.39, 0.29) is 6.42 Å². The van der Waals surface area contributed by atoms with Gasteiger partial charge in [0.25, 0.3) is 5.56 Å². The summed E-state index contributed by atoms with van der Waals surface area (Å²) < 4.78 is 8.70. The highest BCUT2D eigenvalue weighted by atomic mass is 16.5. The van der Waals surface area contributed by atoms with E-state index in [1.54, 1.807) is 19.2 Å². The topological polar surface area (TPSA) is 115 Å². The summed E-state index contributed by atoms with van der Waals surface area (Å²) in [7, 11) is 1.60. The predicted molar refractivity (Wildman–Crippen MR) is 184 cm³/mol. The van der Waals surface area contributed by atoms with Gasteiger partial charge in [-0.25, -0.2) is 9.36 Å². The van der Waals surface area contributed by atoms with Crippen LogP contribution in [0.2, 0.25) is 0 Å². The molecule has 9 nitrogen and oxygen atoms in total. The summed E-state index contributed by atoms with van der Waals surface area (Å²) in [5.41, 5.74) is 3.04. The normalized spacial score (nSPS) is 13.4. The number of aryl methyl sites for hydroxylation is 1. The van der Waals surface area contributed by atoms with E-state index in [1.807, 2.05) is 97.1 Å². The van der Waals surface area contributed by atoms with Crippen molar-refractivity contribution in [3.8, 4) is 11.4 Å². The molecule has 9 heteroatoms. The molecule has 2 N–H and O–H groups in total. The molecule has 2 aromatic heterocycles. The van der Waals surface area contributed by atoms with Gasteiger partial charge < -0.3 is 9.84 Å². The Morgan fingerprint density at radius 3 is 2.08 bits per heavy atom. The van der Waals surface area contributed by atoms with E-state index in [9.17, 15) is 19.5 Å². The Kier molecular flexibility index (Phi) is 8.20. The van der Waals surface area contributed by atoms with Crippen LogP contribution in [-0.4, -0.2) is 37.8 Å². The quantitative estimate of drug-likeness (QED) is 0.215. The second-order valence-electron chi connectivity index (χ2n) is 12.0. The molecule has 0 amide bonds. The van der Waals surface area contributed by atoms with Crippen molar-refractivity contribution in [1.29, 1.82) is 0 Å². The number of hydrogen-bond acceptors (Lipinski definition) is 6. The minimum Gasteiger partial charge on any atom is -0.491 e. The van der Waals surface area contributed by atoms with Gasteiger partial charge in [0, 0.05) is 13.2 Å². The van der Waals surface area contributed by atoms with E-state index < -0.39 is 28.8 Å². The number of nitrogens with one attached hydrogen (secondary N) is 1. The summed E-state index contributed by atoms with van der Waals surface area (Å²) in [5.74, 6) is -0.583. The third kappa shape index (κ3) is 5.28. The van der Waals surface area contributed by atoms with Crippen molar-refractivity contribution in [3.05, 3.63) is 170 Å². The average Bonchev–Trinajstić information content (AvgIpc) is 3.14. The van der Waals surface area contributed by atoms with Gasteiger partial charge in [-0.15, -0.1) is 0 Å². The maximum absolute atomic E-state index is 13.7. The van der Waals surface area contributed by atoms with Crippen molar-refractivity contribution in [2.24, 2.45) is 7.05 Å². The molecule has 0 unspecified atom stereocenters. The van der Waals surface area contributed by atoms with Gasteiger partial charge in [0.2, 0.25) is 0 Å². The van der Waals surface area contributed by atoms with Gasteiger partial charge in [-0.2, -0.15) is 0 Å². The van der Waals surface area contributed by atoms with Crippen LogP contribution in [-0.2, 0) is 30.2 Å². The number of carbonyl (C=O) groups is 1. The van der Waals surface area contributed by atoms with Crippen LogP contribution in [0, 0.1) is 0 Å². The molecule has 6 aromatic rings. The fourth-order valence-corrected chi connectivity index (χ4v) is 6.88. The van der Waals surface area contributed by atoms with E-state index in [2.05, 4.69) is 10.3 Å². The minimum atomic E-state index is -1.04. The third-order valence-electron chi connectivity index (χ3n) is 9.20. The Morgan fingerprint density at radius 1 is 0.896 bits per heavy atom. The number of aromatic nitrogens is 3. The Hall–Kier alpha value is -5.80. The highest BCUT2D eigenvalue weighted by Gasteiger charge is 2.40. The Bertz CT molecular complexity index is 2130. The van der Waals surface area contributed by atoms with Crippen molar-refractivity contribution < 1.29 is 14.6 Å². The lowest BCUT2D eigenvalue weighted by molar-refractivity contribution is -0.139. The number of ether oxygens (including phenoxy) is 1. The van der Waals surface area contributed by atoms with E-state index in [0.29, 0.717) is 41.8 Å². The molecule has 1 aliphatic heterocycles. The Labute approximate surface area is 276 Å². The largest absolute Gasteiger partial charge is 0.491 e. The molecule has 48 heavy (non-hydrogen) atoms. The molecule has 1 atom stereocenters. The number of nitrogens with zero attached hydrogens (tertiary/aromatic N) is 3. The van der Waals surface area contributed by atoms with E-state index in [1.165, 1.54) is 17.0 Å². The highest BCUT2D eigenvalue weighted by Crippen LogP contribution is 2.39. The summed E-state index contributed by atoms with van der Waals surface area (Å²) in [6.45, 7) is 0.412. The number of fused-ring (bicyclic) bond motifs is 2. The van der Waals surface area contributed by atoms with Gasteiger partial charge in [-0.3, -0.25) is 24.5 Å². The lowest BCUT2D eigenvalue weighted by Crippen LogP contribution is -2.53. The molecule has 0 radical (unpaired) electrons. The van der Waals surface area contributed by atoms with Gasteiger partial charge in [0.1, 0.15) is 11.8 Å². The molecule has 7 rings (SSSR count). The van der Waals surface area contributed by atoms with Crippen LogP contribution in [0.3, 0.4) is 0 Å². The smallest absolute Gasteiger partial charge is 0.336 e. The molecule has 0 saturated carbocycles. The summed E-state index contributed by atoms with van der Waals surface area (Å²) in [4.78, 5) is 44.5. The van der Waals surface area contributed by atoms with E-state index in [4.69, 9.17) is 4.74 Å². The molecule has 0 fully saturated rings. The van der Waals surface area contributed by atoms with Crippen LogP contribution in [0.1, 0.15) is 34.2 Å². The van der Waals surface area contributed by atoms with E-state index in [0.717, 1.165) is 32.4 Å². The number of carboxylic acid groups (broad SMARTS) is 1. The molecule has 4 aromatic carbocycles.